The van der Waals surface area contributed by atoms with E-state index in [9.17, 15) is 0 Å². The maximum absolute atomic E-state index is 4.45. The van der Waals surface area contributed by atoms with Crippen molar-refractivity contribution < 1.29 is 0 Å². The molecule has 1 atom stereocenters. The van der Waals surface area contributed by atoms with E-state index in [2.05, 4.69) is 51.0 Å². The molecule has 0 bridgehead atoms. The van der Waals surface area contributed by atoms with Gasteiger partial charge in [0.2, 0.25) is 0 Å². The highest BCUT2D eigenvalue weighted by Gasteiger charge is 2.16. The Bertz CT molecular complexity index is 408. The first-order valence-electron chi connectivity index (χ1n) is 7.31. The van der Waals surface area contributed by atoms with E-state index in [-0.39, 0.29) is 0 Å². The van der Waals surface area contributed by atoms with Crippen molar-refractivity contribution in [3.8, 4) is 0 Å². The van der Waals surface area contributed by atoms with Gasteiger partial charge >= 0.3 is 0 Å². The number of nitrogens with one attached hydrogen (secondary N) is 1. The van der Waals surface area contributed by atoms with Crippen LogP contribution in [0.1, 0.15) is 38.3 Å². The predicted octanol–water partition coefficient (Wildman–Crippen LogP) is 3.83. The third-order valence-electron chi connectivity index (χ3n) is 3.77. The van der Waals surface area contributed by atoms with Gasteiger partial charge in [0.05, 0.1) is 11.4 Å². The molecule has 0 spiro atoms. The molecule has 0 aromatic carbocycles. The molecule has 1 N–H and O–H groups in total. The number of pyridine rings is 1. The minimum absolute atomic E-state index is 0.587. The molecule has 0 amide bonds. The fraction of sp³-hybridized carbons (Fsp3) is 0.667. The highest BCUT2D eigenvalue weighted by molar-refractivity contribution is 9.10. The molecule has 0 aliphatic carbocycles. The van der Waals surface area contributed by atoms with Gasteiger partial charge in [0, 0.05) is 12.6 Å². The number of aryl methyl sites for hydroxylation is 1. The van der Waals surface area contributed by atoms with Crippen LogP contribution in [-0.2, 0) is 0 Å². The topological polar surface area (TPSA) is 28.2 Å². The Balaban J connectivity index is 1.92. The minimum Gasteiger partial charge on any atom is -0.381 e. The summed E-state index contributed by atoms with van der Waals surface area (Å²) in [6.07, 6.45) is 5.04. The molecule has 1 aromatic heterocycles. The van der Waals surface area contributed by atoms with E-state index in [1.807, 2.05) is 6.07 Å². The summed E-state index contributed by atoms with van der Waals surface area (Å²) in [5.41, 5.74) is 2.25. The van der Waals surface area contributed by atoms with Crippen molar-refractivity contribution in [2.24, 2.45) is 0 Å². The Hall–Kier alpha value is -0.610. The van der Waals surface area contributed by atoms with Crippen molar-refractivity contribution in [3.63, 3.8) is 0 Å². The van der Waals surface area contributed by atoms with Crippen molar-refractivity contribution in [1.82, 2.24) is 9.88 Å². The minimum atomic E-state index is 0.587. The first kappa shape index (κ1) is 14.8. The van der Waals surface area contributed by atoms with Gasteiger partial charge in [-0.1, -0.05) is 6.92 Å². The van der Waals surface area contributed by atoms with Gasteiger partial charge in [-0.15, -0.1) is 0 Å². The first-order valence-corrected chi connectivity index (χ1v) is 8.10. The fourth-order valence-electron chi connectivity index (χ4n) is 2.74. The number of likely N-dealkylation sites (tertiary alicyclic amines) is 1. The molecular formula is C15H24BrN3. The lowest BCUT2D eigenvalue weighted by atomic mass is 10.1. The Kier molecular flexibility index (Phi) is 5.64. The van der Waals surface area contributed by atoms with Gasteiger partial charge in [-0.2, -0.15) is 0 Å². The van der Waals surface area contributed by atoms with Gasteiger partial charge in [-0.3, -0.25) is 0 Å². The Morgan fingerprint density at radius 2 is 2.21 bits per heavy atom. The molecule has 0 saturated carbocycles. The lowest BCUT2D eigenvalue weighted by Gasteiger charge is -2.20. The van der Waals surface area contributed by atoms with E-state index in [1.54, 1.807) is 0 Å². The van der Waals surface area contributed by atoms with Gasteiger partial charge in [0.1, 0.15) is 4.60 Å². The molecule has 2 rings (SSSR count). The van der Waals surface area contributed by atoms with Crippen LogP contribution in [0.4, 0.5) is 5.69 Å². The van der Waals surface area contributed by atoms with Gasteiger partial charge < -0.3 is 10.2 Å². The average molecular weight is 326 g/mol. The Labute approximate surface area is 124 Å². The van der Waals surface area contributed by atoms with Crippen LogP contribution in [0.2, 0.25) is 0 Å². The van der Waals surface area contributed by atoms with Gasteiger partial charge in [-0.25, -0.2) is 4.98 Å². The van der Waals surface area contributed by atoms with Crippen LogP contribution >= 0.6 is 15.9 Å². The summed E-state index contributed by atoms with van der Waals surface area (Å²) in [5, 5.41) is 3.67. The summed E-state index contributed by atoms with van der Waals surface area (Å²) in [6.45, 7) is 8.04. The number of hydrogen-bond acceptors (Lipinski definition) is 3. The zero-order valence-electron chi connectivity index (χ0n) is 12.0. The van der Waals surface area contributed by atoms with Crippen molar-refractivity contribution in [2.45, 2.75) is 45.6 Å². The van der Waals surface area contributed by atoms with Crippen molar-refractivity contribution in [2.75, 3.05) is 25.0 Å². The van der Waals surface area contributed by atoms with Crippen LogP contribution < -0.4 is 5.32 Å². The molecule has 1 aliphatic heterocycles. The van der Waals surface area contributed by atoms with Gasteiger partial charge in [0.15, 0.2) is 0 Å². The van der Waals surface area contributed by atoms with Crippen LogP contribution in [-0.4, -0.2) is 35.6 Å². The highest BCUT2D eigenvalue weighted by Crippen LogP contribution is 2.20. The average Bonchev–Trinajstić information content (AvgIpc) is 2.59. The smallest absolute Gasteiger partial charge is 0.106 e. The molecule has 19 heavy (non-hydrogen) atoms. The Morgan fingerprint density at radius 3 is 2.95 bits per heavy atom. The quantitative estimate of drug-likeness (QED) is 0.853. The summed E-state index contributed by atoms with van der Waals surface area (Å²) in [6, 6.07) is 4.72. The van der Waals surface area contributed by atoms with Crippen LogP contribution in [0.3, 0.4) is 0 Å². The van der Waals surface area contributed by atoms with Crippen molar-refractivity contribution in [1.29, 1.82) is 0 Å². The molecule has 106 valence electrons. The molecular weight excluding hydrogens is 302 g/mol. The molecule has 4 heteroatoms. The number of nitrogens with zero attached hydrogens (tertiary/aromatic N) is 2. The van der Waals surface area contributed by atoms with E-state index in [1.165, 1.54) is 51.0 Å². The van der Waals surface area contributed by atoms with E-state index in [0.29, 0.717) is 6.04 Å². The van der Waals surface area contributed by atoms with Crippen LogP contribution in [0, 0.1) is 6.92 Å². The molecule has 1 fully saturated rings. The van der Waals surface area contributed by atoms with Crippen LogP contribution in [0.25, 0.3) is 0 Å². The van der Waals surface area contributed by atoms with Gasteiger partial charge in [0.25, 0.3) is 0 Å². The van der Waals surface area contributed by atoms with Crippen LogP contribution in [0.15, 0.2) is 16.7 Å². The third-order valence-corrected chi connectivity index (χ3v) is 4.21. The second-order valence-corrected chi connectivity index (χ2v) is 6.19. The standard InChI is InChI=1S/C15H24BrN3/c1-3-9-19-10-4-5-13(8-11-19)18-14-6-7-15(16)17-12(14)2/h6-7,13,18H,3-5,8-11H2,1-2H3. The maximum Gasteiger partial charge on any atom is 0.106 e. The SMILES string of the molecule is CCCN1CCCC(Nc2ccc(Br)nc2C)CC1. The maximum atomic E-state index is 4.45. The normalized spacial score (nSPS) is 21.1. The third kappa shape index (κ3) is 4.46. The monoisotopic (exact) mass is 325 g/mol. The van der Waals surface area contributed by atoms with Crippen LogP contribution in [0.5, 0.6) is 0 Å². The number of rotatable bonds is 4. The zero-order chi connectivity index (χ0) is 13.7. The first-order chi connectivity index (χ1) is 9.19. The lowest BCUT2D eigenvalue weighted by molar-refractivity contribution is 0.285. The number of anilines is 1. The van der Waals surface area contributed by atoms with Gasteiger partial charge in [-0.05, 0) is 73.8 Å². The zero-order valence-corrected chi connectivity index (χ0v) is 13.5. The predicted molar refractivity (Wildman–Crippen MR) is 84.7 cm³/mol. The second kappa shape index (κ2) is 7.25. The lowest BCUT2D eigenvalue weighted by Crippen LogP contribution is -2.27. The molecule has 1 unspecified atom stereocenters. The molecule has 1 aliphatic rings. The summed E-state index contributed by atoms with van der Waals surface area (Å²) in [7, 11) is 0. The summed E-state index contributed by atoms with van der Waals surface area (Å²) in [5.74, 6) is 0. The molecule has 1 saturated heterocycles. The van der Waals surface area contributed by atoms with E-state index >= 15 is 0 Å². The number of hydrogen-bond donors (Lipinski definition) is 1. The van der Waals surface area contributed by atoms with E-state index in [4.69, 9.17) is 0 Å². The number of halogens is 1. The largest absolute Gasteiger partial charge is 0.381 e. The molecule has 0 radical (unpaired) electrons. The number of aromatic nitrogens is 1. The fourth-order valence-corrected chi connectivity index (χ4v) is 3.14. The van der Waals surface area contributed by atoms with Crippen molar-refractivity contribution in [3.05, 3.63) is 22.4 Å². The van der Waals surface area contributed by atoms with Crippen molar-refractivity contribution >= 4 is 21.6 Å². The van der Waals surface area contributed by atoms with E-state index < -0.39 is 0 Å². The molecule has 1 aromatic rings. The summed E-state index contributed by atoms with van der Waals surface area (Å²) < 4.78 is 0.908. The highest BCUT2D eigenvalue weighted by atomic mass is 79.9. The summed E-state index contributed by atoms with van der Waals surface area (Å²) in [4.78, 5) is 7.04. The molecule has 2 heterocycles. The molecule has 3 nitrogen and oxygen atoms in total. The van der Waals surface area contributed by atoms with E-state index in [0.717, 1.165) is 10.3 Å². The second-order valence-electron chi connectivity index (χ2n) is 5.38. The summed E-state index contributed by atoms with van der Waals surface area (Å²) >= 11 is 3.41. The Morgan fingerprint density at radius 1 is 1.37 bits per heavy atom.